The van der Waals surface area contributed by atoms with Crippen LogP contribution in [0.2, 0.25) is 0 Å². The number of nitrogens with two attached hydrogens (primary N) is 1. The van der Waals surface area contributed by atoms with Gasteiger partial charge in [-0.3, -0.25) is 4.99 Å². The van der Waals surface area contributed by atoms with E-state index in [9.17, 15) is 8.42 Å². The first-order valence-corrected chi connectivity index (χ1v) is 8.31. The highest BCUT2D eigenvalue weighted by atomic mass is 32.2. The van der Waals surface area contributed by atoms with E-state index < -0.39 is 9.84 Å². The van der Waals surface area contributed by atoms with E-state index in [0.29, 0.717) is 11.9 Å². The molecule has 1 fully saturated rings. The molecule has 106 valence electrons. The molecule has 2 N–H and O–H groups in total. The fourth-order valence-corrected chi connectivity index (χ4v) is 2.84. The average molecular weight is 275 g/mol. The molecule has 1 saturated heterocycles. The van der Waals surface area contributed by atoms with Crippen molar-refractivity contribution in [2.75, 3.05) is 25.4 Å². The van der Waals surface area contributed by atoms with Crippen LogP contribution in [0, 0.1) is 5.92 Å². The number of nitrogens with zero attached hydrogens (tertiary/aromatic N) is 2. The Kier molecular flexibility index (Phi) is 5.44. The summed E-state index contributed by atoms with van der Waals surface area (Å²) in [5.41, 5.74) is 5.90. The molecule has 0 aromatic rings. The summed E-state index contributed by atoms with van der Waals surface area (Å²) in [6, 6.07) is 0. The van der Waals surface area contributed by atoms with Crippen LogP contribution in [0.3, 0.4) is 0 Å². The van der Waals surface area contributed by atoms with Gasteiger partial charge in [0.1, 0.15) is 0 Å². The van der Waals surface area contributed by atoms with E-state index in [1.54, 1.807) is 13.8 Å². The molecule has 0 aromatic heterocycles. The minimum atomic E-state index is -3.02. The number of sulfone groups is 1. The van der Waals surface area contributed by atoms with Gasteiger partial charge in [0.25, 0.3) is 0 Å². The summed E-state index contributed by atoms with van der Waals surface area (Å²) >= 11 is 0. The van der Waals surface area contributed by atoms with Crippen molar-refractivity contribution < 1.29 is 8.42 Å². The van der Waals surface area contributed by atoms with Crippen LogP contribution in [-0.4, -0.2) is 49.9 Å². The zero-order valence-corrected chi connectivity index (χ0v) is 12.4. The zero-order chi connectivity index (χ0) is 13.8. The van der Waals surface area contributed by atoms with E-state index in [2.05, 4.69) is 16.8 Å². The third kappa shape index (κ3) is 4.48. The molecule has 1 atom stereocenters. The van der Waals surface area contributed by atoms with E-state index in [0.717, 1.165) is 19.5 Å². The summed E-state index contributed by atoms with van der Waals surface area (Å²) in [6.07, 6.45) is 2.35. The Balaban J connectivity index is 2.47. The zero-order valence-electron chi connectivity index (χ0n) is 11.6. The van der Waals surface area contributed by atoms with Crippen LogP contribution in [0.5, 0.6) is 0 Å². The molecule has 1 rings (SSSR count). The summed E-state index contributed by atoms with van der Waals surface area (Å²) in [5.74, 6) is 1.20. The Morgan fingerprint density at radius 3 is 2.72 bits per heavy atom. The smallest absolute Gasteiger partial charge is 0.191 e. The van der Waals surface area contributed by atoms with Crippen LogP contribution in [0.25, 0.3) is 0 Å². The first kappa shape index (κ1) is 15.3. The Hall–Kier alpha value is -0.780. The van der Waals surface area contributed by atoms with Crippen molar-refractivity contribution in [2.45, 2.75) is 38.9 Å². The highest BCUT2D eigenvalue weighted by molar-refractivity contribution is 7.92. The summed E-state index contributed by atoms with van der Waals surface area (Å²) in [4.78, 5) is 6.24. The first-order chi connectivity index (χ1) is 8.33. The lowest BCUT2D eigenvalue weighted by molar-refractivity contribution is 0.270. The number of guanidine groups is 1. The number of likely N-dealkylation sites (tertiary alicyclic amines) is 1. The van der Waals surface area contributed by atoms with Gasteiger partial charge in [-0.1, -0.05) is 6.92 Å². The molecule has 5 nitrogen and oxygen atoms in total. The summed E-state index contributed by atoms with van der Waals surface area (Å²) in [7, 11) is -3.02. The van der Waals surface area contributed by atoms with Crippen molar-refractivity contribution in [1.29, 1.82) is 0 Å². The molecule has 6 heteroatoms. The van der Waals surface area contributed by atoms with Gasteiger partial charge in [-0.2, -0.15) is 0 Å². The number of rotatable bonds is 4. The number of piperidine rings is 1. The van der Waals surface area contributed by atoms with Crippen molar-refractivity contribution in [3.8, 4) is 0 Å². The first-order valence-electron chi connectivity index (χ1n) is 6.59. The lowest BCUT2D eigenvalue weighted by Gasteiger charge is -2.31. The van der Waals surface area contributed by atoms with E-state index in [1.165, 1.54) is 6.42 Å². The molecular weight excluding hydrogens is 250 g/mol. The second-order valence-corrected chi connectivity index (χ2v) is 8.03. The van der Waals surface area contributed by atoms with Gasteiger partial charge >= 0.3 is 0 Å². The fourth-order valence-electron chi connectivity index (χ4n) is 2.02. The van der Waals surface area contributed by atoms with E-state index in [-0.39, 0.29) is 17.5 Å². The topological polar surface area (TPSA) is 75.8 Å². The highest BCUT2D eigenvalue weighted by Gasteiger charge is 2.18. The van der Waals surface area contributed by atoms with Gasteiger partial charge in [-0.05, 0) is 32.6 Å². The molecule has 1 heterocycles. The maximum Gasteiger partial charge on any atom is 0.191 e. The maximum atomic E-state index is 11.6. The molecule has 0 aliphatic carbocycles. The molecule has 18 heavy (non-hydrogen) atoms. The fraction of sp³-hybridized carbons (Fsp3) is 0.917. The largest absolute Gasteiger partial charge is 0.370 e. The third-order valence-electron chi connectivity index (χ3n) is 3.35. The van der Waals surface area contributed by atoms with Crippen molar-refractivity contribution in [2.24, 2.45) is 16.6 Å². The Morgan fingerprint density at radius 1 is 1.50 bits per heavy atom. The average Bonchev–Trinajstić information content (AvgIpc) is 2.28. The second-order valence-electron chi connectivity index (χ2n) is 5.35. The normalized spacial score (nSPS) is 22.6. The third-order valence-corrected chi connectivity index (χ3v) is 5.54. The molecule has 1 unspecified atom stereocenters. The predicted molar refractivity (Wildman–Crippen MR) is 75.4 cm³/mol. The minimum Gasteiger partial charge on any atom is -0.370 e. The van der Waals surface area contributed by atoms with Gasteiger partial charge < -0.3 is 10.6 Å². The molecular formula is C12H25N3O2S. The van der Waals surface area contributed by atoms with Crippen molar-refractivity contribution in [3.05, 3.63) is 0 Å². The van der Waals surface area contributed by atoms with Gasteiger partial charge in [0.2, 0.25) is 0 Å². The molecule has 1 aliphatic heterocycles. The number of hydrogen-bond acceptors (Lipinski definition) is 3. The number of hydrogen-bond donors (Lipinski definition) is 1. The maximum absolute atomic E-state index is 11.6. The van der Waals surface area contributed by atoms with Gasteiger partial charge in [0, 0.05) is 13.1 Å². The molecule has 0 amide bonds. The Morgan fingerprint density at radius 2 is 2.17 bits per heavy atom. The van der Waals surface area contributed by atoms with Gasteiger partial charge in [-0.25, -0.2) is 8.42 Å². The van der Waals surface area contributed by atoms with Crippen LogP contribution >= 0.6 is 0 Å². The molecule has 0 radical (unpaired) electrons. The molecule has 1 aliphatic rings. The number of aliphatic imine (C=N–C) groups is 1. The molecule has 0 saturated carbocycles. The van der Waals surface area contributed by atoms with Gasteiger partial charge in [-0.15, -0.1) is 0 Å². The summed E-state index contributed by atoms with van der Waals surface area (Å²) in [6.45, 7) is 7.69. The van der Waals surface area contributed by atoms with Crippen LogP contribution in [0.1, 0.15) is 33.6 Å². The van der Waals surface area contributed by atoms with Gasteiger partial charge in [0.05, 0.1) is 17.5 Å². The Bertz CT molecular complexity index is 390. The lowest BCUT2D eigenvalue weighted by Crippen LogP contribution is -2.43. The monoisotopic (exact) mass is 275 g/mol. The van der Waals surface area contributed by atoms with Crippen molar-refractivity contribution >= 4 is 15.8 Å². The summed E-state index contributed by atoms with van der Waals surface area (Å²) in [5, 5.41) is -0.344. The van der Waals surface area contributed by atoms with Crippen LogP contribution < -0.4 is 5.73 Å². The van der Waals surface area contributed by atoms with E-state index in [4.69, 9.17) is 5.73 Å². The molecule has 0 spiro atoms. The van der Waals surface area contributed by atoms with Crippen LogP contribution in [-0.2, 0) is 9.84 Å². The predicted octanol–water partition coefficient (Wildman–Crippen LogP) is 0.856. The SMILES string of the molecule is CC1CCCN(C(N)=NCCS(=O)(=O)C(C)C)C1. The standard InChI is InChI=1S/C12H25N3O2S/c1-10(2)18(16,17)8-6-14-12(13)15-7-4-5-11(3)9-15/h10-11H,4-9H2,1-3H3,(H2,13,14). The minimum absolute atomic E-state index is 0.0781. The Labute approximate surface area is 110 Å². The van der Waals surface area contributed by atoms with Crippen LogP contribution in [0.15, 0.2) is 4.99 Å². The molecule has 0 bridgehead atoms. The van der Waals surface area contributed by atoms with Crippen molar-refractivity contribution in [1.82, 2.24) is 4.90 Å². The summed E-state index contributed by atoms with van der Waals surface area (Å²) < 4.78 is 23.2. The van der Waals surface area contributed by atoms with Gasteiger partial charge in [0.15, 0.2) is 15.8 Å². The highest BCUT2D eigenvalue weighted by Crippen LogP contribution is 2.14. The van der Waals surface area contributed by atoms with Crippen molar-refractivity contribution in [3.63, 3.8) is 0 Å². The van der Waals surface area contributed by atoms with E-state index in [1.807, 2.05) is 0 Å². The lowest BCUT2D eigenvalue weighted by atomic mass is 10.0. The second kappa shape index (κ2) is 6.41. The van der Waals surface area contributed by atoms with Crippen LogP contribution in [0.4, 0.5) is 0 Å². The quantitative estimate of drug-likeness (QED) is 0.610. The van der Waals surface area contributed by atoms with E-state index >= 15 is 0 Å². The molecule has 0 aromatic carbocycles.